The van der Waals surface area contributed by atoms with Crippen molar-refractivity contribution in [3.8, 4) is 0 Å². The van der Waals surface area contributed by atoms with Gasteiger partial charge in [-0.25, -0.2) is 9.69 Å². The molecule has 1 fully saturated rings. The molecule has 1 atom stereocenters. The first-order chi connectivity index (χ1) is 13.0. The van der Waals surface area contributed by atoms with Gasteiger partial charge in [0.25, 0.3) is 5.56 Å². The maximum atomic E-state index is 13.2. The van der Waals surface area contributed by atoms with Crippen LogP contribution in [0.3, 0.4) is 0 Å². The van der Waals surface area contributed by atoms with Crippen molar-refractivity contribution in [1.29, 1.82) is 0 Å². The SMILES string of the molecule is CN1CC(C)(c2cc3c(=O)[nH]ccc3o2)C(=O)N(COCC[Si](C)(C)C)C1=O. The third-order valence-electron chi connectivity index (χ3n) is 5.04. The molecule has 0 aliphatic carbocycles. The normalized spacial score (nSPS) is 21.0. The summed E-state index contributed by atoms with van der Waals surface area (Å²) in [6, 6.07) is 3.77. The fraction of sp³-hybridized carbons (Fsp3) is 0.526. The van der Waals surface area contributed by atoms with Crippen molar-refractivity contribution >= 4 is 31.0 Å². The van der Waals surface area contributed by atoms with Gasteiger partial charge in [0.1, 0.15) is 23.5 Å². The topological polar surface area (TPSA) is 95.8 Å². The zero-order valence-electron chi connectivity index (χ0n) is 17.0. The number of carbonyl (C=O) groups is 2. The van der Waals surface area contributed by atoms with Gasteiger partial charge in [-0.1, -0.05) is 19.6 Å². The molecule has 0 bridgehead atoms. The summed E-state index contributed by atoms with van der Waals surface area (Å²) in [7, 11) is 0.368. The highest BCUT2D eigenvalue weighted by Crippen LogP contribution is 2.34. The summed E-state index contributed by atoms with van der Waals surface area (Å²) in [5.41, 5.74) is -0.975. The van der Waals surface area contributed by atoms with Crippen molar-refractivity contribution in [2.24, 2.45) is 0 Å². The number of H-pyrrole nitrogens is 1. The quantitative estimate of drug-likeness (QED) is 0.589. The first-order valence-electron chi connectivity index (χ1n) is 9.29. The van der Waals surface area contributed by atoms with Crippen LogP contribution in [0.1, 0.15) is 12.7 Å². The van der Waals surface area contributed by atoms with E-state index < -0.39 is 19.5 Å². The number of nitrogens with zero attached hydrogens (tertiary/aromatic N) is 2. The summed E-state index contributed by atoms with van der Waals surface area (Å²) in [6.07, 6.45) is 1.50. The molecule has 1 N–H and O–H groups in total. The molecular formula is C19H27N3O5Si. The van der Waals surface area contributed by atoms with Crippen LogP contribution in [0.25, 0.3) is 11.0 Å². The third-order valence-corrected chi connectivity index (χ3v) is 6.75. The Balaban J connectivity index is 1.86. The number of rotatable bonds is 6. The van der Waals surface area contributed by atoms with Gasteiger partial charge in [0.05, 0.1) is 5.39 Å². The summed E-state index contributed by atoms with van der Waals surface area (Å²) < 4.78 is 11.5. The zero-order chi connectivity index (χ0) is 20.7. The van der Waals surface area contributed by atoms with Gasteiger partial charge in [-0.2, -0.15) is 0 Å². The third kappa shape index (κ3) is 3.77. The number of imide groups is 1. The molecule has 152 valence electrons. The number of aromatic nitrogens is 1. The van der Waals surface area contributed by atoms with Crippen molar-refractivity contribution < 1.29 is 18.7 Å². The molecule has 3 amide bonds. The lowest BCUT2D eigenvalue weighted by Crippen LogP contribution is -2.62. The van der Waals surface area contributed by atoms with Crippen LogP contribution in [-0.4, -0.2) is 61.7 Å². The lowest BCUT2D eigenvalue weighted by molar-refractivity contribution is -0.143. The van der Waals surface area contributed by atoms with Crippen LogP contribution in [-0.2, 0) is 14.9 Å². The molecule has 0 radical (unpaired) electrons. The number of furan rings is 1. The predicted octanol–water partition coefficient (Wildman–Crippen LogP) is 2.59. The Bertz CT molecular complexity index is 960. The fourth-order valence-corrected chi connectivity index (χ4v) is 4.04. The largest absolute Gasteiger partial charge is 0.460 e. The second-order valence-electron chi connectivity index (χ2n) is 8.75. The number of hydrogen-bond donors (Lipinski definition) is 1. The van der Waals surface area contributed by atoms with Crippen LogP contribution >= 0.6 is 0 Å². The van der Waals surface area contributed by atoms with E-state index in [9.17, 15) is 14.4 Å². The molecule has 0 spiro atoms. The van der Waals surface area contributed by atoms with Gasteiger partial charge in [0.2, 0.25) is 5.91 Å². The molecular weight excluding hydrogens is 378 g/mol. The Hall–Kier alpha value is -2.39. The maximum Gasteiger partial charge on any atom is 0.328 e. The first-order valence-corrected chi connectivity index (χ1v) is 13.0. The zero-order valence-corrected chi connectivity index (χ0v) is 18.0. The van der Waals surface area contributed by atoms with Crippen LogP contribution in [0.4, 0.5) is 4.79 Å². The molecule has 8 nitrogen and oxygen atoms in total. The average molecular weight is 406 g/mol. The Morgan fingerprint density at radius 3 is 2.64 bits per heavy atom. The summed E-state index contributed by atoms with van der Waals surface area (Å²) in [4.78, 5) is 43.0. The van der Waals surface area contributed by atoms with Crippen LogP contribution in [0, 0.1) is 0 Å². The number of likely N-dealkylation sites (N-methyl/N-ethyl adjacent to an activating group) is 1. The summed E-state index contributed by atoms with van der Waals surface area (Å²) >= 11 is 0. The van der Waals surface area contributed by atoms with E-state index in [1.54, 1.807) is 26.1 Å². The number of amides is 3. The van der Waals surface area contributed by atoms with Crippen LogP contribution in [0.5, 0.6) is 0 Å². The monoisotopic (exact) mass is 405 g/mol. The highest BCUT2D eigenvalue weighted by molar-refractivity contribution is 6.76. The Morgan fingerprint density at radius 2 is 2.00 bits per heavy atom. The molecule has 0 aromatic carbocycles. The van der Waals surface area contributed by atoms with Gasteiger partial charge < -0.3 is 19.0 Å². The number of nitrogens with one attached hydrogen (secondary N) is 1. The number of pyridine rings is 1. The summed E-state index contributed by atoms with van der Waals surface area (Å²) in [5, 5.41) is 0.379. The Labute approximate surface area is 164 Å². The lowest BCUT2D eigenvalue weighted by atomic mass is 9.84. The highest BCUT2D eigenvalue weighted by Gasteiger charge is 2.49. The number of urea groups is 1. The minimum absolute atomic E-state index is 0.0944. The molecule has 1 saturated heterocycles. The minimum Gasteiger partial charge on any atom is -0.460 e. The van der Waals surface area contributed by atoms with E-state index in [4.69, 9.17) is 9.15 Å². The fourth-order valence-electron chi connectivity index (χ4n) is 3.28. The highest BCUT2D eigenvalue weighted by atomic mass is 28.3. The molecule has 28 heavy (non-hydrogen) atoms. The minimum atomic E-state index is -1.27. The van der Waals surface area contributed by atoms with E-state index in [0.29, 0.717) is 23.3 Å². The Morgan fingerprint density at radius 1 is 1.29 bits per heavy atom. The molecule has 2 aromatic heterocycles. The number of hydrogen-bond acceptors (Lipinski definition) is 5. The smallest absolute Gasteiger partial charge is 0.328 e. The van der Waals surface area contributed by atoms with Gasteiger partial charge >= 0.3 is 6.03 Å². The second kappa shape index (κ2) is 7.21. The van der Waals surface area contributed by atoms with Crippen molar-refractivity contribution in [3.05, 3.63) is 34.4 Å². The van der Waals surface area contributed by atoms with E-state index >= 15 is 0 Å². The molecule has 3 heterocycles. The molecule has 1 aliphatic heterocycles. The molecule has 1 aliphatic rings. The van der Waals surface area contributed by atoms with E-state index in [1.165, 1.54) is 11.1 Å². The number of fused-ring (bicyclic) bond motifs is 1. The molecule has 2 aromatic rings. The van der Waals surface area contributed by atoms with Crippen molar-refractivity contribution in [2.75, 3.05) is 26.9 Å². The van der Waals surface area contributed by atoms with Crippen LogP contribution in [0.2, 0.25) is 25.7 Å². The van der Waals surface area contributed by atoms with Crippen molar-refractivity contribution in [3.63, 3.8) is 0 Å². The van der Waals surface area contributed by atoms with Crippen LogP contribution in [0.15, 0.2) is 27.5 Å². The second-order valence-corrected chi connectivity index (χ2v) is 14.4. The van der Waals surface area contributed by atoms with Gasteiger partial charge in [0, 0.05) is 34.5 Å². The van der Waals surface area contributed by atoms with E-state index in [-0.39, 0.29) is 24.7 Å². The molecule has 1 unspecified atom stereocenters. The van der Waals surface area contributed by atoms with Gasteiger partial charge in [-0.05, 0) is 25.1 Å². The standard InChI is InChI=1S/C19H27N3O5Si/c1-19(15-10-13-14(27-15)6-7-20-16(13)23)11-21(2)18(25)22(17(19)24)12-26-8-9-28(3,4)5/h6-7,10H,8-9,11-12H2,1-5H3,(H,20,23). The molecule has 9 heteroatoms. The average Bonchev–Trinajstić information content (AvgIpc) is 3.05. The number of ether oxygens (including phenoxy) is 1. The number of carbonyl (C=O) groups excluding carboxylic acids is 2. The molecule has 0 saturated carbocycles. The first kappa shape index (κ1) is 20.3. The summed E-state index contributed by atoms with van der Waals surface area (Å²) in [5.74, 6) is -0.0327. The van der Waals surface area contributed by atoms with Crippen LogP contribution < -0.4 is 5.56 Å². The van der Waals surface area contributed by atoms with E-state index in [1.807, 2.05) is 0 Å². The van der Waals surface area contributed by atoms with E-state index in [2.05, 4.69) is 24.6 Å². The summed E-state index contributed by atoms with van der Waals surface area (Å²) in [6.45, 7) is 9.01. The maximum absolute atomic E-state index is 13.2. The van der Waals surface area contributed by atoms with Crippen molar-refractivity contribution in [2.45, 2.75) is 38.0 Å². The predicted molar refractivity (Wildman–Crippen MR) is 108 cm³/mol. The number of aromatic amines is 1. The van der Waals surface area contributed by atoms with E-state index in [0.717, 1.165) is 10.9 Å². The van der Waals surface area contributed by atoms with Gasteiger partial charge in [-0.15, -0.1) is 0 Å². The lowest BCUT2D eigenvalue weighted by Gasteiger charge is -2.41. The molecule has 3 rings (SSSR count). The van der Waals surface area contributed by atoms with Crippen molar-refractivity contribution in [1.82, 2.24) is 14.8 Å². The van der Waals surface area contributed by atoms with Gasteiger partial charge in [0.15, 0.2) is 0 Å². The Kier molecular flexibility index (Phi) is 5.24. The van der Waals surface area contributed by atoms with Gasteiger partial charge in [-0.3, -0.25) is 9.59 Å².